The maximum absolute atomic E-state index is 12.2. The van der Waals surface area contributed by atoms with Crippen LogP contribution in [0.2, 0.25) is 5.02 Å². The Labute approximate surface area is 151 Å². The second-order valence-corrected chi connectivity index (χ2v) is 6.88. The highest BCUT2D eigenvalue weighted by Gasteiger charge is 2.13. The van der Waals surface area contributed by atoms with Crippen molar-refractivity contribution in [3.05, 3.63) is 40.2 Å². The van der Waals surface area contributed by atoms with Gasteiger partial charge in [0.25, 0.3) is 0 Å². The molecule has 0 aliphatic heterocycles. The first-order valence-corrected chi connectivity index (χ1v) is 9.00. The van der Waals surface area contributed by atoms with E-state index in [1.807, 2.05) is 32.9 Å². The fraction of sp³-hybridized carbons (Fsp3) is 0.412. The maximum atomic E-state index is 12.2. The van der Waals surface area contributed by atoms with Crippen LogP contribution in [-0.2, 0) is 16.1 Å². The van der Waals surface area contributed by atoms with E-state index in [9.17, 15) is 4.79 Å². The van der Waals surface area contributed by atoms with Crippen LogP contribution in [0.4, 0.5) is 5.69 Å². The van der Waals surface area contributed by atoms with E-state index in [-0.39, 0.29) is 5.91 Å². The number of hydrogen-bond acceptors (Lipinski definition) is 4. The van der Waals surface area contributed by atoms with Gasteiger partial charge >= 0.3 is 0 Å². The molecule has 7 heteroatoms. The number of benzene rings is 1. The van der Waals surface area contributed by atoms with Gasteiger partial charge in [0, 0.05) is 30.1 Å². The van der Waals surface area contributed by atoms with Gasteiger partial charge in [-0.1, -0.05) is 23.4 Å². The van der Waals surface area contributed by atoms with Crippen LogP contribution in [0.25, 0.3) is 0 Å². The molecule has 0 radical (unpaired) electrons. The van der Waals surface area contributed by atoms with Gasteiger partial charge in [0.2, 0.25) is 5.91 Å². The molecule has 0 spiro atoms. The first-order valence-electron chi connectivity index (χ1n) is 7.64. The van der Waals surface area contributed by atoms with Crippen molar-refractivity contribution in [3.8, 4) is 0 Å². The van der Waals surface area contributed by atoms with Crippen molar-refractivity contribution in [2.45, 2.75) is 32.5 Å². The van der Waals surface area contributed by atoms with Gasteiger partial charge in [0.1, 0.15) is 0 Å². The van der Waals surface area contributed by atoms with Gasteiger partial charge in [-0.3, -0.25) is 4.79 Å². The Balaban J connectivity index is 2.00. The summed E-state index contributed by atoms with van der Waals surface area (Å²) < 4.78 is 7.23. The zero-order chi connectivity index (χ0) is 17.7. The van der Waals surface area contributed by atoms with Gasteiger partial charge in [-0.15, -0.1) is 0 Å². The number of nitrogens with zero attached hydrogens (tertiary/aromatic N) is 2. The quantitative estimate of drug-likeness (QED) is 0.755. The minimum absolute atomic E-state index is 0.0676. The fourth-order valence-corrected chi connectivity index (χ4v) is 3.41. The Bertz CT molecular complexity index is 731. The Morgan fingerprint density at radius 3 is 2.79 bits per heavy atom. The topological polar surface area (TPSA) is 56.1 Å². The summed E-state index contributed by atoms with van der Waals surface area (Å²) in [6.07, 6.45) is 0. The molecule has 0 atom stereocenters. The van der Waals surface area contributed by atoms with Crippen molar-refractivity contribution in [1.29, 1.82) is 0 Å². The smallest absolute Gasteiger partial charge is 0.234 e. The van der Waals surface area contributed by atoms with Crippen molar-refractivity contribution in [3.63, 3.8) is 0 Å². The lowest BCUT2D eigenvalue weighted by Crippen LogP contribution is -2.15. The van der Waals surface area contributed by atoms with Crippen LogP contribution < -0.4 is 5.32 Å². The van der Waals surface area contributed by atoms with Crippen molar-refractivity contribution in [2.75, 3.05) is 24.8 Å². The number of carbonyl (C=O) groups is 1. The van der Waals surface area contributed by atoms with Gasteiger partial charge in [-0.2, -0.15) is 0 Å². The number of carbonyl (C=O) groups excluding carboxylic acids is 1. The molecule has 1 aromatic heterocycles. The molecule has 1 N–H and O–H groups in total. The number of nitrogens with one attached hydrogen (secondary N) is 1. The highest BCUT2D eigenvalue weighted by molar-refractivity contribution is 7.99. The molecule has 0 aliphatic rings. The van der Waals surface area contributed by atoms with E-state index in [1.165, 1.54) is 11.8 Å². The van der Waals surface area contributed by atoms with Gasteiger partial charge < -0.3 is 14.6 Å². The van der Waals surface area contributed by atoms with Gasteiger partial charge in [-0.25, -0.2) is 4.98 Å². The van der Waals surface area contributed by atoms with Crippen LogP contribution in [-0.4, -0.2) is 34.9 Å². The molecule has 0 saturated carbocycles. The summed E-state index contributed by atoms with van der Waals surface area (Å²) in [6, 6.07) is 5.41. The first-order chi connectivity index (χ1) is 11.4. The van der Waals surface area contributed by atoms with Crippen molar-refractivity contribution < 1.29 is 9.53 Å². The summed E-state index contributed by atoms with van der Waals surface area (Å²) in [5.41, 5.74) is 3.79. The molecule has 2 aromatic rings. The van der Waals surface area contributed by atoms with Crippen LogP contribution >= 0.6 is 23.4 Å². The highest BCUT2D eigenvalue weighted by Crippen LogP contribution is 2.23. The third kappa shape index (κ3) is 4.75. The van der Waals surface area contributed by atoms with Gasteiger partial charge in [0.05, 0.1) is 18.1 Å². The van der Waals surface area contributed by atoms with E-state index in [4.69, 9.17) is 16.3 Å². The van der Waals surface area contributed by atoms with Crippen molar-refractivity contribution >= 4 is 35.0 Å². The van der Waals surface area contributed by atoms with E-state index < -0.39 is 0 Å². The third-order valence-corrected chi connectivity index (χ3v) is 4.95. The molecule has 24 heavy (non-hydrogen) atoms. The predicted molar refractivity (Wildman–Crippen MR) is 99.1 cm³/mol. The molecule has 0 aliphatic carbocycles. The van der Waals surface area contributed by atoms with Crippen LogP contribution in [0.3, 0.4) is 0 Å². The molecule has 0 fully saturated rings. The van der Waals surface area contributed by atoms with Crippen molar-refractivity contribution in [2.24, 2.45) is 0 Å². The highest BCUT2D eigenvalue weighted by atomic mass is 35.5. The molecular weight excluding hydrogens is 346 g/mol. The number of aromatic nitrogens is 2. The lowest BCUT2D eigenvalue weighted by Gasteiger charge is -2.10. The molecule has 2 rings (SSSR count). The Morgan fingerprint density at radius 2 is 2.12 bits per heavy atom. The number of methoxy groups -OCH3 is 1. The molecular formula is C17H22ClN3O2S. The number of aryl methyl sites for hydroxylation is 2. The van der Waals surface area contributed by atoms with E-state index in [0.717, 1.165) is 34.3 Å². The monoisotopic (exact) mass is 367 g/mol. The molecule has 0 saturated heterocycles. The standard InChI is InChI=1S/C17H22ClN3O2S/c1-11-9-14(18)5-6-15(11)20-16(22)10-24-17-19-12(2)13(3)21(17)7-8-23-4/h5-6,9H,7-8,10H2,1-4H3,(H,20,22). The number of hydrogen-bond donors (Lipinski definition) is 1. The van der Waals surface area contributed by atoms with E-state index in [0.29, 0.717) is 17.4 Å². The summed E-state index contributed by atoms with van der Waals surface area (Å²) in [4.78, 5) is 16.8. The molecule has 1 amide bonds. The number of ether oxygens (including phenoxy) is 1. The normalized spacial score (nSPS) is 10.9. The van der Waals surface area contributed by atoms with E-state index in [2.05, 4.69) is 14.9 Å². The Hall–Kier alpha value is -1.50. The molecule has 130 valence electrons. The number of thioether (sulfide) groups is 1. The number of amides is 1. The summed E-state index contributed by atoms with van der Waals surface area (Å²) in [7, 11) is 1.67. The second-order valence-electron chi connectivity index (χ2n) is 5.51. The molecule has 0 bridgehead atoms. The molecule has 1 heterocycles. The molecule has 1 aromatic carbocycles. The van der Waals surface area contributed by atoms with E-state index >= 15 is 0 Å². The third-order valence-electron chi connectivity index (χ3n) is 3.74. The second kappa shape index (κ2) is 8.55. The van der Waals surface area contributed by atoms with Gasteiger partial charge in [0.15, 0.2) is 5.16 Å². The minimum Gasteiger partial charge on any atom is -0.383 e. The average Bonchev–Trinajstić information content (AvgIpc) is 2.80. The van der Waals surface area contributed by atoms with E-state index in [1.54, 1.807) is 13.2 Å². The van der Waals surface area contributed by atoms with Crippen LogP contribution in [0.15, 0.2) is 23.4 Å². The fourth-order valence-electron chi connectivity index (χ4n) is 2.26. The van der Waals surface area contributed by atoms with Gasteiger partial charge in [-0.05, 0) is 44.5 Å². The average molecular weight is 368 g/mol. The minimum atomic E-state index is -0.0676. The van der Waals surface area contributed by atoms with Crippen molar-refractivity contribution in [1.82, 2.24) is 9.55 Å². The number of rotatable bonds is 7. The predicted octanol–water partition coefficient (Wildman–Crippen LogP) is 3.84. The Morgan fingerprint density at radius 1 is 1.38 bits per heavy atom. The zero-order valence-corrected chi connectivity index (χ0v) is 15.9. The summed E-state index contributed by atoms with van der Waals surface area (Å²) in [5.74, 6) is 0.229. The van der Waals surface area contributed by atoms with Crippen LogP contribution in [0, 0.1) is 20.8 Å². The summed E-state index contributed by atoms with van der Waals surface area (Å²) in [6.45, 7) is 7.25. The largest absolute Gasteiger partial charge is 0.383 e. The Kier molecular flexibility index (Phi) is 6.71. The van der Waals surface area contributed by atoms with Crippen LogP contribution in [0.1, 0.15) is 17.0 Å². The maximum Gasteiger partial charge on any atom is 0.234 e. The lowest BCUT2D eigenvalue weighted by molar-refractivity contribution is -0.113. The number of halogens is 1. The SMILES string of the molecule is COCCn1c(SCC(=O)Nc2ccc(Cl)cc2C)nc(C)c1C. The number of imidazole rings is 1. The zero-order valence-electron chi connectivity index (χ0n) is 14.4. The summed E-state index contributed by atoms with van der Waals surface area (Å²) in [5, 5.41) is 4.41. The lowest BCUT2D eigenvalue weighted by atomic mass is 10.2. The first kappa shape index (κ1) is 18.8. The molecule has 0 unspecified atom stereocenters. The molecule has 5 nitrogen and oxygen atoms in total. The number of anilines is 1. The summed E-state index contributed by atoms with van der Waals surface area (Å²) >= 11 is 7.36. The van der Waals surface area contributed by atoms with Crippen LogP contribution in [0.5, 0.6) is 0 Å².